The minimum Gasteiger partial charge on any atom is -0.493 e. The lowest BCUT2D eigenvalue weighted by molar-refractivity contribution is 0.443. The Bertz CT molecular complexity index is 710. The van der Waals surface area contributed by atoms with E-state index in [2.05, 4.69) is 9.97 Å². The van der Waals surface area contributed by atoms with Crippen LogP contribution in [0.25, 0.3) is 11.1 Å². The van der Waals surface area contributed by atoms with Crippen molar-refractivity contribution in [3.63, 3.8) is 0 Å². The standard InChI is InChI=1S/C14H14ClN3O2/c15-9-3-1-2-8(6-9)10-13(19)17-12(18-14(10)20)11(16)7-4-5-7/h1-3,6-7,11H,4-5,16H2,(H2,17,18,19,20). The van der Waals surface area contributed by atoms with E-state index in [1.807, 2.05) is 0 Å². The summed E-state index contributed by atoms with van der Waals surface area (Å²) < 4.78 is 0. The molecule has 5 nitrogen and oxygen atoms in total. The van der Waals surface area contributed by atoms with Crippen LogP contribution in [0.5, 0.6) is 5.88 Å². The highest BCUT2D eigenvalue weighted by Gasteiger charge is 2.31. The molecule has 1 unspecified atom stereocenters. The average molecular weight is 292 g/mol. The van der Waals surface area contributed by atoms with Gasteiger partial charge in [0.2, 0.25) is 5.88 Å². The molecule has 1 aromatic heterocycles. The number of aromatic nitrogens is 2. The summed E-state index contributed by atoms with van der Waals surface area (Å²) in [5.41, 5.74) is 6.21. The molecule has 4 N–H and O–H groups in total. The number of halogens is 1. The molecule has 1 aromatic carbocycles. The Hall–Kier alpha value is -1.85. The normalized spacial score (nSPS) is 16.1. The molecule has 0 saturated heterocycles. The molecular formula is C14H14ClN3O2. The summed E-state index contributed by atoms with van der Waals surface area (Å²) in [4.78, 5) is 18.9. The third-order valence-electron chi connectivity index (χ3n) is 3.48. The van der Waals surface area contributed by atoms with E-state index in [-0.39, 0.29) is 17.5 Å². The lowest BCUT2D eigenvalue weighted by Crippen LogP contribution is -2.22. The average Bonchev–Trinajstić information content (AvgIpc) is 3.21. The van der Waals surface area contributed by atoms with Gasteiger partial charge in [0.05, 0.1) is 6.04 Å². The molecule has 1 aliphatic rings. The molecular weight excluding hydrogens is 278 g/mol. The molecule has 1 heterocycles. The van der Waals surface area contributed by atoms with E-state index in [0.29, 0.717) is 22.3 Å². The zero-order valence-electron chi connectivity index (χ0n) is 10.6. The summed E-state index contributed by atoms with van der Waals surface area (Å²) >= 11 is 5.90. The van der Waals surface area contributed by atoms with E-state index >= 15 is 0 Å². The second-order valence-corrected chi connectivity index (χ2v) is 5.46. The molecule has 0 aliphatic heterocycles. The molecule has 0 amide bonds. The quantitative estimate of drug-likeness (QED) is 0.808. The van der Waals surface area contributed by atoms with E-state index in [0.717, 1.165) is 12.8 Å². The van der Waals surface area contributed by atoms with Gasteiger partial charge in [-0.05, 0) is 36.5 Å². The molecule has 104 valence electrons. The summed E-state index contributed by atoms with van der Waals surface area (Å²) in [6, 6.07) is 6.37. The number of hydrogen-bond donors (Lipinski definition) is 3. The van der Waals surface area contributed by atoms with Crippen molar-refractivity contribution in [2.24, 2.45) is 11.7 Å². The van der Waals surface area contributed by atoms with Crippen molar-refractivity contribution in [3.05, 3.63) is 45.5 Å². The van der Waals surface area contributed by atoms with Crippen molar-refractivity contribution in [1.82, 2.24) is 9.97 Å². The molecule has 1 aliphatic carbocycles. The van der Waals surface area contributed by atoms with Gasteiger partial charge in [0.25, 0.3) is 5.56 Å². The van der Waals surface area contributed by atoms with Gasteiger partial charge in [-0.2, -0.15) is 4.98 Å². The number of nitrogens with two attached hydrogens (primary N) is 1. The van der Waals surface area contributed by atoms with Crippen molar-refractivity contribution in [2.75, 3.05) is 0 Å². The lowest BCUT2D eigenvalue weighted by atomic mass is 10.1. The van der Waals surface area contributed by atoms with Gasteiger partial charge < -0.3 is 15.8 Å². The first-order valence-electron chi connectivity index (χ1n) is 6.41. The molecule has 1 saturated carbocycles. The fourth-order valence-electron chi connectivity index (χ4n) is 2.22. The number of nitrogens with zero attached hydrogens (tertiary/aromatic N) is 1. The molecule has 0 radical (unpaired) electrons. The number of benzene rings is 1. The van der Waals surface area contributed by atoms with Gasteiger partial charge in [-0.3, -0.25) is 4.79 Å². The van der Waals surface area contributed by atoms with Gasteiger partial charge in [0, 0.05) is 5.02 Å². The molecule has 6 heteroatoms. The maximum absolute atomic E-state index is 12.2. The second-order valence-electron chi connectivity index (χ2n) is 5.02. The van der Waals surface area contributed by atoms with E-state index in [9.17, 15) is 9.90 Å². The summed E-state index contributed by atoms with van der Waals surface area (Å²) in [6.45, 7) is 0. The largest absolute Gasteiger partial charge is 0.493 e. The number of hydrogen-bond acceptors (Lipinski definition) is 4. The third-order valence-corrected chi connectivity index (χ3v) is 3.71. The molecule has 1 atom stereocenters. The maximum Gasteiger partial charge on any atom is 0.262 e. The first-order valence-corrected chi connectivity index (χ1v) is 6.79. The number of aromatic hydroxyl groups is 1. The predicted octanol–water partition coefficient (Wildman–Crippen LogP) is 2.21. The van der Waals surface area contributed by atoms with Crippen molar-refractivity contribution < 1.29 is 5.11 Å². The number of aromatic amines is 1. The third kappa shape index (κ3) is 2.42. The van der Waals surface area contributed by atoms with Crippen LogP contribution in [0.2, 0.25) is 5.02 Å². The summed E-state index contributed by atoms with van der Waals surface area (Å²) in [5, 5.41) is 10.5. The summed E-state index contributed by atoms with van der Waals surface area (Å²) in [7, 11) is 0. The fraction of sp³-hybridized carbons (Fsp3) is 0.286. The summed E-state index contributed by atoms with van der Waals surface area (Å²) in [5.74, 6) is 0.359. The Morgan fingerprint density at radius 1 is 1.45 bits per heavy atom. The SMILES string of the molecule is NC(c1nc(O)c(-c2cccc(Cl)c2)c(=O)[nH]1)C1CC1. The van der Waals surface area contributed by atoms with Crippen LogP contribution >= 0.6 is 11.6 Å². The van der Waals surface area contributed by atoms with Crippen LogP contribution in [-0.2, 0) is 0 Å². The lowest BCUT2D eigenvalue weighted by Gasteiger charge is -2.11. The zero-order valence-corrected chi connectivity index (χ0v) is 11.4. The Morgan fingerprint density at radius 2 is 2.20 bits per heavy atom. The Kier molecular flexibility index (Phi) is 3.23. The second kappa shape index (κ2) is 4.92. The smallest absolute Gasteiger partial charge is 0.262 e. The van der Waals surface area contributed by atoms with Crippen LogP contribution in [0, 0.1) is 5.92 Å². The van der Waals surface area contributed by atoms with E-state index < -0.39 is 5.56 Å². The van der Waals surface area contributed by atoms with Crippen LogP contribution in [0.1, 0.15) is 24.7 Å². The highest BCUT2D eigenvalue weighted by molar-refractivity contribution is 6.30. The van der Waals surface area contributed by atoms with Crippen molar-refractivity contribution >= 4 is 11.6 Å². The first-order chi connectivity index (χ1) is 9.56. The molecule has 0 spiro atoms. The van der Waals surface area contributed by atoms with Crippen LogP contribution in [0.15, 0.2) is 29.1 Å². The van der Waals surface area contributed by atoms with Gasteiger partial charge in [-0.1, -0.05) is 23.7 Å². The van der Waals surface area contributed by atoms with Gasteiger partial charge in [0.1, 0.15) is 11.4 Å². The summed E-state index contributed by atoms with van der Waals surface area (Å²) in [6.07, 6.45) is 2.06. The molecule has 3 rings (SSSR count). The Morgan fingerprint density at radius 3 is 2.80 bits per heavy atom. The fourth-order valence-corrected chi connectivity index (χ4v) is 2.41. The highest BCUT2D eigenvalue weighted by atomic mass is 35.5. The maximum atomic E-state index is 12.2. The van der Waals surface area contributed by atoms with Crippen LogP contribution < -0.4 is 11.3 Å². The van der Waals surface area contributed by atoms with Gasteiger partial charge in [-0.25, -0.2) is 0 Å². The molecule has 1 fully saturated rings. The minimum atomic E-state index is -0.411. The highest BCUT2D eigenvalue weighted by Crippen LogP contribution is 2.38. The van der Waals surface area contributed by atoms with Gasteiger partial charge >= 0.3 is 0 Å². The number of rotatable bonds is 3. The molecule has 2 aromatic rings. The van der Waals surface area contributed by atoms with Crippen molar-refractivity contribution in [3.8, 4) is 17.0 Å². The van der Waals surface area contributed by atoms with E-state index in [1.54, 1.807) is 24.3 Å². The molecule has 20 heavy (non-hydrogen) atoms. The predicted molar refractivity (Wildman–Crippen MR) is 76.6 cm³/mol. The first kappa shape index (κ1) is 13.1. The van der Waals surface area contributed by atoms with Crippen LogP contribution in [0.3, 0.4) is 0 Å². The topological polar surface area (TPSA) is 92.0 Å². The van der Waals surface area contributed by atoms with E-state index in [4.69, 9.17) is 17.3 Å². The van der Waals surface area contributed by atoms with Gasteiger partial charge in [0.15, 0.2) is 0 Å². The minimum absolute atomic E-state index is 0.110. The Balaban J connectivity index is 2.07. The monoisotopic (exact) mass is 291 g/mol. The van der Waals surface area contributed by atoms with Crippen molar-refractivity contribution in [1.29, 1.82) is 0 Å². The van der Waals surface area contributed by atoms with Crippen LogP contribution in [-0.4, -0.2) is 15.1 Å². The number of nitrogens with one attached hydrogen (secondary N) is 1. The van der Waals surface area contributed by atoms with Crippen LogP contribution in [0.4, 0.5) is 0 Å². The zero-order chi connectivity index (χ0) is 14.3. The number of H-pyrrole nitrogens is 1. The Labute approximate surface area is 120 Å². The molecule has 0 bridgehead atoms. The van der Waals surface area contributed by atoms with E-state index in [1.165, 1.54) is 0 Å². The van der Waals surface area contributed by atoms with Crippen molar-refractivity contribution in [2.45, 2.75) is 18.9 Å². The van der Waals surface area contributed by atoms with Gasteiger partial charge in [-0.15, -0.1) is 0 Å².